The first-order valence-electron chi connectivity index (χ1n) is 5.54. The highest BCUT2D eigenvalue weighted by atomic mass is 127. The van der Waals surface area contributed by atoms with Crippen molar-refractivity contribution in [2.45, 2.75) is 4.90 Å². The van der Waals surface area contributed by atoms with Gasteiger partial charge in [0.25, 0.3) is 10.0 Å². The number of methoxy groups -OCH3 is 1. The van der Waals surface area contributed by atoms with Crippen LogP contribution >= 0.6 is 34.2 Å². The average Bonchev–Trinajstić information content (AvgIpc) is 2.39. The van der Waals surface area contributed by atoms with Gasteiger partial charge in [-0.25, -0.2) is 8.42 Å². The van der Waals surface area contributed by atoms with Crippen LogP contribution in [0.25, 0.3) is 0 Å². The molecule has 1 N–H and O–H groups in total. The standard InChI is InChI=1S/C13H11ClINO3S/c1-19-13-7-2-9(14)8-12(13)16-20(17,18)11-5-3-10(15)4-6-11/h2-8,16H,1H3. The Bertz CT molecular complexity index is 717. The lowest BCUT2D eigenvalue weighted by Gasteiger charge is -2.12. The highest BCUT2D eigenvalue weighted by Gasteiger charge is 2.16. The van der Waals surface area contributed by atoms with Crippen LogP contribution < -0.4 is 9.46 Å². The Kier molecular flexibility index (Phi) is 4.77. The van der Waals surface area contributed by atoms with Crippen molar-refractivity contribution in [3.63, 3.8) is 0 Å². The van der Waals surface area contributed by atoms with E-state index in [-0.39, 0.29) is 4.90 Å². The van der Waals surface area contributed by atoms with Crippen molar-refractivity contribution in [3.05, 3.63) is 51.1 Å². The second-order valence-electron chi connectivity index (χ2n) is 3.90. The topological polar surface area (TPSA) is 55.4 Å². The molecule has 0 aromatic heterocycles. The van der Waals surface area contributed by atoms with Crippen LogP contribution in [0.5, 0.6) is 5.75 Å². The van der Waals surface area contributed by atoms with Crippen LogP contribution in [-0.4, -0.2) is 15.5 Å². The minimum absolute atomic E-state index is 0.181. The number of hydrogen-bond acceptors (Lipinski definition) is 3. The van der Waals surface area contributed by atoms with Crippen LogP contribution in [-0.2, 0) is 10.0 Å². The molecule has 0 bridgehead atoms. The molecular formula is C13H11ClINO3S. The third-order valence-electron chi connectivity index (χ3n) is 2.53. The number of anilines is 1. The lowest BCUT2D eigenvalue weighted by molar-refractivity contribution is 0.417. The van der Waals surface area contributed by atoms with Gasteiger partial charge in [-0.3, -0.25) is 4.72 Å². The lowest BCUT2D eigenvalue weighted by atomic mass is 10.3. The van der Waals surface area contributed by atoms with Crippen molar-refractivity contribution < 1.29 is 13.2 Å². The van der Waals surface area contributed by atoms with Crippen molar-refractivity contribution in [3.8, 4) is 5.75 Å². The van der Waals surface area contributed by atoms with Gasteiger partial charge in [0.2, 0.25) is 0 Å². The number of rotatable bonds is 4. The highest BCUT2D eigenvalue weighted by Crippen LogP contribution is 2.29. The molecule has 2 rings (SSSR count). The maximum absolute atomic E-state index is 12.3. The third-order valence-corrected chi connectivity index (χ3v) is 4.87. The molecule has 0 radical (unpaired) electrons. The summed E-state index contributed by atoms with van der Waals surface area (Å²) in [5.74, 6) is 0.406. The summed E-state index contributed by atoms with van der Waals surface area (Å²) in [4.78, 5) is 0.181. The Labute approximate surface area is 136 Å². The van der Waals surface area contributed by atoms with E-state index >= 15 is 0 Å². The summed E-state index contributed by atoms with van der Waals surface area (Å²) in [5.41, 5.74) is 0.304. The van der Waals surface area contributed by atoms with Gasteiger partial charge in [0.15, 0.2) is 0 Å². The first-order chi connectivity index (χ1) is 9.42. The van der Waals surface area contributed by atoms with Crippen molar-refractivity contribution in [1.29, 1.82) is 0 Å². The molecule has 20 heavy (non-hydrogen) atoms. The molecule has 0 aliphatic rings. The zero-order valence-electron chi connectivity index (χ0n) is 10.4. The molecule has 7 heteroatoms. The van der Waals surface area contributed by atoms with Crippen molar-refractivity contribution >= 4 is 49.9 Å². The van der Waals surface area contributed by atoms with Crippen LogP contribution in [0.1, 0.15) is 0 Å². The van der Waals surface area contributed by atoms with Gasteiger partial charge in [-0.05, 0) is 65.1 Å². The zero-order chi connectivity index (χ0) is 14.8. The van der Waals surface area contributed by atoms with Crippen LogP contribution in [0.4, 0.5) is 5.69 Å². The van der Waals surface area contributed by atoms with Crippen LogP contribution in [0.3, 0.4) is 0 Å². The van der Waals surface area contributed by atoms with E-state index in [9.17, 15) is 8.42 Å². The van der Waals surface area contributed by atoms with E-state index in [0.29, 0.717) is 16.5 Å². The fourth-order valence-corrected chi connectivity index (χ4v) is 3.17. The van der Waals surface area contributed by atoms with E-state index in [1.165, 1.54) is 13.2 Å². The van der Waals surface area contributed by atoms with Crippen molar-refractivity contribution in [2.75, 3.05) is 11.8 Å². The van der Waals surface area contributed by atoms with Gasteiger partial charge in [-0.15, -0.1) is 0 Å². The number of sulfonamides is 1. The van der Waals surface area contributed by atoms with E-state index < -0.39 is 10.0 Å². The van der Waals surface area contributed by atoms with Crippen molar-refractivity contribution in [2.24, 2.45) is 0 Å². The number of halogens is 2. The van der Waals surface area contributed by atoms with Crippen molar-refractivity contribution in [1.82, 2.24) is 0 Å². The normalized spacial score (nSPS) is 11.2. The highest BCUT2D eigenvalue weighted by molar-refractivity contribution is 14.1. The number of benzene rings is 2. The second kappa shape index (κ2) is 6.19. The maximum Gasteiger partial charge on any atom is 0.262 e. The first-order valence-corrected chi connectivity index (χ1v) is 8.48. The predicted molar refractivity (Wildman–Crippen MR) is 88.0 cm³/mol. The molecule has 0 saturated heterocycles. The largest absolute Gasteiger partial charge is 0.495 e. The fraction of sp³-hybridized carbons (Fsp3) is 0.0769. The minimum atomic E-state index is -3.67. The van der Waals surface area contributed by atoms with E-state index in [4.69, 9.17) is 16.3 Å². The summed E-state index contributed by atoms with van der Waals surface area (Å²) in [5, 5.41) is 0.422. The monoisotopic (exact) mass is 423 g/mol. The molecule has 106 valence electrons. The zero-order valence-corrected chi connectivity index (χ0v) is 14.2. The fourth-order valence-electron chi connectivity index (χ4n) is 1.58. The quantitative estimate of drug-likeness (QED) is 0.762. The van der Waals surface area contributed by atoms with E-state index in [0.717, 1.165) is 3.57 Å². The summed E-state index contributed by atoms with van der Waals surface area (Å²) in [6.45, 7) is 0. The molecule has 0 aliphatic carbocycles. The molecule has 0 saturated carbocycles. The van der Waals surface area contributed by atoms with Gasteiger partial charge >= 0.3 is 0 Å². The molecule has 0 unspecified atom stereocenters. The van der Waals surface area contributed by atoms with Gasteiger partial charge < -0.3 is 4.74 Å². The van der Waals surface area contributed by atoms with Gasteiger partial charge in [0.05, 0.1) is 17.7 Å². The Balaban J connectivity index is 2.37. The molecular weight excluding hydrogens is 413 g/mol. The van der Waals surface area contributed by atoms with Gasteiger partial charge in [0, 0.05) is 8.59 Å². The van der Waals surface area contributed by atoms with Gasteiger partial charge in [0.1, 0.15) is 5.75 Å². The Hall–Kier alpha value is -0.990. The summed E-state index contributed by atoms with van der Waals surface area (Å²) in [6, 6.07) is 11.3. The second-order valence-corrected chi connectivity index (χ2v) is 7.27. The molecule has 2 aromatic carbocycles. The number of ether oxygens (including phenoxy) is 1. The Morgan fingerprint density at radius 1 is 1.15 bits per heavy atom. The smallest absolute Gasteiger partial charge is 0.262 e. The molecule has 0 aliphatic heterocycles. The average molecular weight is 424 g/mol. The Morgan fingerprint density at radius 3 is 2.40 bits per heavy atom. The molecule has 2 aromatic rings. The first kappa shape index (κ1) is 15.4. The molecule has 0 amide bonds. The Morgan fingerprint density at radius 2 is 1.80 bits per heavy atom. The minimum Gasteiger partial charge on any atom is -0.495 e. The van der Waals surface area contributed by atoms with E-state index in [1.807, 2.05) is 0 Å². The molecule has 0 heterocycles. The molecule has 0 fully saturated rings. The maximum atomic E-state index is 12.3. The third kappa shape index (κ3) is 3.56. The predicted octanol–water partition coefficient (Wildman–Crippen LogP) is 3.75. The SMILES string of the molecule is COc1ccc(Cl)cc1NS(=O)(=O)c1ccc(I)cc1. The number of nitrogens with one attached hydrogen (secondary N) is 1. The van der Waals surface area contributed by atoms with Gasteiger partial charge in [-0.2, -0.15) is 0 Å². The summed E-state index contributed by atoms with van der Waals surface area (Å²) < 4.78 is 33.1. The summed E-state index contributed by atoms with van der Waals surface area (Å²) in [6.07, 6.45) is 0. The summed E-state index contributed by atoms with van der Waals surface area (Å²) >= 11 is 7.99. The molecule has 4 nitrogen and oxygen atoms in total. The molecule has 0 atom stereocenters. The summed E-state index contributed by atoms with van der Waals surface area (Å²) in [7, 11) is -2.21. The van der Waals surface area contributed by atoms with Gasteiger partial charge in [-0.1, -0.05) is 11.6 Å². The van der Waals surface area contributed by atoms with E-state index in [2.05, 4.69) is 27.3 Å². The number of hydrogen-bond donors (Lipinski definition) is 1. The lowest BCUT2D eigenvalue weighted by Crippen LogP contribution is -2.13. The van der Waals surface area contributed by atoms with E-state index in [1.54, 1.807) is 36.4 Å². The van der Waals surface area contributed by atoms with Crippen LogP contribution in [0, 0.1) is 3.57 Å². The molecule has 0 spiro atoms. The van der Waals surface area contributed by atoms with Crippen LogP contribution in [0.15, 0.2) is 47.4 Å². The van der Waals surface area contributed by atoms with Crippen LogP contribution in [0.2, 0.25) is 5.02 Å².